The summed E-state index contributed by atoms with van der Waals surface area (Å²) in [5.41, 5.74) is 2.06. The summed E-state index contributed by atoms with van der Waals surface area (Å²) in [5, 5.41) is 0.394. The number of hydrogen-bond donors (Lipinski definition) is 1. The predicted octanol–water partition coefficient (Wildman–Crippen LogP) is 4.71. The first-order chi connectivity index (χ1) is 13.0. The highest BCUT2D eigenvalue weighted by molar-refractivity contribution is 7.92. The van der Waals surface area contributed by atoms with Crippen molar-refractivity contribution >= 4 is 39.5 Å². The van der Waals surface area contributed by atoms with Gasteiger partial charge >= 0.3 is 0 Å². The van der Waals surface area contributed by atoms with Crippen LogP contribution in [0.25, 0.3) is 12.2 Å². The van der Waals surface area contributed by atoms with E-state index in [1.165, 1.54) is 19.2 Å². The Kier molecular flexibility index (Phi) is 5.78. The number of benzene rings is 2. The Labute approximate surface area is 163 Å². The van der Waals surface area contributed by atoms with Crippen molar-refractivity contribution in [3.8, 4) is 5.75 Å². The molecule has 0 aliphatic carbocycles. The van der Waals surface area contributed by atoms with Gasteiger partial charge in [0.15, 0.2) is 0 Å². The number of anilines is 1. The van der Waals surface area contributed by atoms with Crippen LogP contribution in [0, 0.1) is 0 Å². The lowest BCUT2D eigenvalue weighted by Gasteiger charge is -2.11. The number of para-hydroxylation sites is 1. The van der Waals surface area contributed by atoms with Crippen LogP contribution in [-0.4, -0.2) is 20.5 Å². The average Bonchev–Trinajstić information content (AvgIpc) is 2.67. The van der Waals surface area contributed by atoms with E-state index in [1.54, 1.807) is 36.5 Å². The van der Waals surface area contributed by atoms with Crippen LogP contribution in [0.3, 0.4) is 0 Å². The van der Waals surface area contributed by atoms with Crippen molar-refractivity contribution in [2.45, 2.75) is 4.90 Å². The molecule has 0 radical (unpaired) electrons. The first-order valence-corrected chi connectivity index (χ1v) is 9.89. The summed E-state index contributed by atoms with van der Waals surface area (Å²) in [6.45, 7) is 0. The number of methoxy groups -OCH3 is 1. The minimum atomic E-state index is -3.72. The van der Waals surface area contributed by atoms with Crippen molar-refractivity contribution in [2.24, 2.45) is 0 Å². The van der Waals surface area contributed by atoms with Crippen LogP contribution in [0.1, 0.15) is 11.1 Å². The number of pyridine rings is 1. The van der Waals surface area contributed by atoms with E-state index < -0.39 is 10.0 Å². The monoisotopic (exact) mass is 400 g/mol. The van der Waals surface area contributed by atoms with Gasteiger partial charge in [0.2, 0.25) is 0 Å². The molecule has 3 aromatic rings. The second-order valence-electron chi connectivity index (χ2n) is 5.61. The van der Waals surface area contributed by atoms with Gasteiger partial charge in [0.05, 0.1) is 17.7 Å². The van der Waals surface area contributed by atoms with Gasteiger partial charge in [-0.2, -0.15) is 0 Å². The van der Waals surface area contributed by atoms with Crippen molar-refractivity contribution < 1.29 is 13.2 Å². The third kappa shape index (κ3) is 4.87. The molecule has 0 aliphatic rings. The summed E-state index contributed by atoms with van der Waals surface area (Å²) in [5.74, 6) is 0.591. The van der Waals surface area contributed by atoms with Crippen molar-refractivity contribution in [3.05, 3.63) is 83.1 Å². The number of hydrogen-bond acceptors (Lipinski definition) is 4. The molecule has 0 atom stereocenters. The fraction of sp³-hybridized carbons (Fsp3) is 0.0500. The van der Waals surface area contributed by atoms with E-state index in [0.717, 1.165) is 11.1 Å². The maximum atomic E-state index is 12.7. The van der Waals surface area contributed by atoms with Gasteiger partial charge in [0.1, 0.15) is 10.9 Å². The van der Waals surface area contributed by atoms with E-state index in [9.17, 15) is 8.42 Å². The largest absolute Gasteiger partial charge is 0.497 e. The molecule has 2 aromatic carbocycles. The second-order valence-corrected chi connectivity index (χ2v) is 7.68. The Bertz CT molecular complexity index is 1060. The first kappa shape index (κ1) is 18.9. The third-order valence-corrected chi connectivity index (χ3v) is 5.37. The Balaban J connectivity index is 1.87. The zero-order valence-corrected chi connectivity index (χ0v) is 16.0. The maximum Gasteiger partial charge on any atom is 0.261 e. The van der Waals surface area contributed by atoms with Gasteiger partial charge in [-0.15, -0.1) is 0 Å². The number of ether oxygens (including phenoxy) is 1. The van der Waals surface area contributed by atoms with E-state index in [0.29, 0.717) is 16.6 Å². The molecule has 138 valence electrons. The van der Waals surface area contributed by atoms with Crippen LogP contribution in [0.2, 0.25) is 5.15 Å². The van der Waals surface area contributed by atoms with Gasteiger partial charge < -0.3 is 4.74 Å². The molecule has 1 heterocycles. The fourth-order valence-corrected chi connectivity index (χ4v) is 3.67. The van der Waals surface area contributed by atoms with E-state index in [2.05, 4.69) is 9.71 Å². The number of halogens is 1. The number of nitrogens with zero attached hydrogens (tertiary/aromatic N) is 1. The number of aromatic nitrogens is 1. The average molecular weight is 401 g/mol. The zero-order valence-electron chi connectivity index (χ0n) is 14.5. The van der Waals surface area contributed by atoms with Crippen LogP contribution in [0.5, 0.6) is 5.75 Å². The number of rotatable bonds is 6. The highest BCUT2D eigenvalue weighted by Gasteiger charge is 2.15. The van der Waals surface area contributed by atoms with Crippen LogP contribution in [0.4, 0.5) is 5.69 Å². The molecule has 0 aliphatic heterocycles. The molecule has 1 N–H and O–H groups in total. The van der Waals surface area contributed by atoms with Crippen LogP contribution in [-0.2, 0) is 10.0 Å². The van der Waals surface area contributed by atoms with Crippen molar-refractivity contribution in [1.82, 2.24) is 4.98 Å². The van der Waals surface area contributed by atoms with Gasteiger partial charge in [-0.05, 0) is 53.6 Å². The first-order valence-electron chi connectivity index (χ1n) is 8.03. The summed E-state index contributed by atoms with van der Waals surface area (Å²) in [7, 11) is -2.19. The highest BCUT2D eigenvalue weighted by Crippen LogP contribution is 2.23. The third-order valence-electron chi connectivity index (χ3n) is 3.78. The van der Waals surface area contributed by atoms with Crippen molar-refractivity contribution in [1.29, 1.82) is 0 Å². The molecule has 0 fully saturated rings. The topological polar surface area (TPSA) is 68.3 Å². The van der Waals surface area contributed by atoms with Gasteiger partial charge in [0.25, 0.3) is 10.0 Å². The second kappa shape index (κ2) is 8.24. The zero-order chi connectivity index (χ0) is 19.3. The lowest BCUT2D eigenvalue weighted by Crippen LogP contribution is -2.13. The molecule has 0 saturated heterocycles. The minimum absolute atomic E-state index is 0.156. The molecule has 0 bridgehead atoms. The van der Waals surface area contributed by atoms with Gasteiger partial charge in [0, 0.05) is 6.20 Å². The van der Waals surface area contributed by atoms with Crippen molar-refractivity contribution in [2.75, 3.05) is 11.8 Å². The summed E-state index contributed by atoms with van der Waals surface area (Å²) in [4.78, 5) is 4.09. The molecule has 3 rings (SSSR count). The SMILES string of the molecule is COc1ccc(S(=O)(=O)Nc2ccccc2/C=C/c2ccnc(Cl)c2)cc1. The smallest absolute Gasteiger partial charge is 0.261 e. The van der Waals surface area contributed by atoms with Gasteiger partial charge in [-0.25, -0.2) is 13.4 Å². The van der Waals surface area contributed by atoms with E-state index >= 15 is 0 Å². The lowest BCUT2D eigenvalue weighted by atomic mass is 10.1. The fourth-order valence-electron chi connectivity index (χ4n) is 2.40. The lowest BCUT2D eigenvalue weighted by molar-refractivity contribution is 0.414. The Morgan fingerprint density at radius 2 is 1.78 bits per heavy atom. The standard InChI is InChI=1S/C20H17ClN2O3S/c1-26-17-8-10-18(11-9-17)27(24,25)23-19-5-3-2-4-16(19)7-6-15-12-13-22-20(21)14-15/h2-14,23H,1H3/b7-6+. The summed E-state index contributed by atoms with van der Waals surface area (Å²) >= 11 is 5.89. The van der Waals surface area contributed by atoms with Crippen LogP contribution < -0.4 is 9.46 Å². The molecule has 5 nitrogen and oxygen atoms in total. The Hall–Kier alpha value is -2.83. The summed E-state index contributed by atoms with van der Waals surface area (Å²) < 4.78 is 33.0. The molecule has 0 saturated carbocycles. The van der Waals surface area contributed by atoms with E-state index in [1.807, 2.05) is 30.4 Å². The van der Waals surface area contributed by atoms with E-state index in [-0.39, 0.29) is 4.90 Å². The highest BCUT2D eigenvalue weighted by atomic mass is 35.5. The predicted molar refractivity (Wildman–Crippen MR) is 108 cm³/mol. The number of nitrogens with one attached hydrogen (secondary N) is 1. The van der Waals surface area contributed by atoms with Crippen LogP contribution in [0.15, 0.2) is 71.8 Å². The van der Waals surface area contributed by atoms with E-state index in [4.69, 9.17) is 16.3 Å². The maximum absolute atomic E-state index is 12.7. The Morgan fingerprint density at radius 1 is 1.04 bits per heavy atom. The molecule has 27 heavy (non-hydrogen) atoms. The van der Waals surface area contributed by atoms with Gasteiger partial charge in [-0.1, -0.05) is 42.0 Å². The molecule has 0 spiro atoms. The molecule has 0 unspecified atom stereocenters. The quantitative estimate of drug-likeness (QED) is 0.608. The molecule has 0 amide bonds. The molecular formula is C20H17ClN2O3S. The molecular weight excluding hydrogens is 384 g/mol. The minimum Gasteiger partial charge on any atom is -0.497 e. The molecule has 1 aromatic heterocycles. The summed E-state index contributed by atoms with van der Waals surface area (Å²) in [6, 6.07) is 16.9. The van der Waals surface area contributed by atoms with Gasteiger partial charge in [-0.3, -0.25) is 4.72 Å². The van der Waals surface area contributed by atoms with Crippen molar-refractivity contribution in [3.63, 3.8) is 0 Å². The summed E-state index contributed by atoms with van der Waals surface area (Å²) in [6.07, 6.45) is 5.27. The van der Waals surface area contributed by atoms with Crippen LogP contribution >= 0.6 is 11.6 Å². The molecule has 7 heteroatoms. The normalized spacial score (nSPS) is 11.5. The Morgan fingerprint density at radius 3 is 2.48 bits per heavy atom. The number of sulfonamides is 1.